The minimum absolute atomic E-state index is 0. The molecule has 84 valence electrons. The van der Waals surface area contributed by atoms with Crippen molar-refractivity contribution in [1.29, 1.82) is 0 Å². The van der Waals surface area contributed by atoms with Crippen LogP contribution in [-0.4, -0.2) is 9.97 Å². The summed E-state index contributed by atoms with van der Waals surface area (Å²) in [6.45, 7) is 0. The number of pyridine rings is 1. The van der Waals surface area contributed by atoms with Crippen LogP contribution in [0.2, 0.25) is 0 Å². The van der Waals surface area contributed by atoms with E-state index in [4.69, 9.17) is 0 Å². The fourth-order valence-corrected chi connectivity index (χ4v) is 2.36. The standard InChI is InChI=1S/C13H9N3.ClH/c1-2-4-11-9(3-1)10-5-6-16-8-14-7-12(16)13(10)15-11;/h1-8,15H;1H. The van der Waals surface area contributed by atoms with Crippen molar-refractivity contribution in [3.63, 3.8) is 0 Å². The Hall–Kier alpha value is -2.00. The van der Waals surface area contributed by atoms with Gasteiger partial charge in [0.15, 0.2) is 5.52 Å². The number of halogens is 1. The molecule has 0 aliphatic carbocycles. The number of nitrogens with zero attached hydrogens (tertiary/aromatic N) is 1. The summed E-state index contributed by atoms with van der Waals surface area (Å²) < 4.78 is 2.08. The van der Waals surface area contributed by atoms with Crippen LogP contribution in [0.5, 0.6) is 0 Å². The molecule has 0 unspecified atom stereocenters. The zero-order valence-electron chi connectivity index (χ0n) is 8.94. The first-order valence-electron chi connectivity index (χ1n) is 5.31. The maximum atomic E-state index is 3.47. The molecule has 0 saturated heterocycles. The van der Waals surface area contributed by atoms with Crippen molar-refractivity contribution in [2.45, 2.75) is 0 Å². The molecule has 0 radical (unpaired) electrons. The molecule has 3 heterocycles. The van der Waals surface area contributed by atoms with E-state index in [1.54, 1.807) is 0 Å². The van der Waals surface area contributed by atoms with Gasteiger partial charge in [0, 0.05) is 16.3 Å². The summed E-state index contributed by atoms with van der Waals surface area (Å²) in [5, 5.41) is 2.55. The molecule has 4 heteroatoms. The van der Waals surface area contributed by atoms with Crippen molar-refractivity contribution < 1.29 is 16.8 Å². The molecule has 0 fully saturated rings. The first-order valence-corrected chi connectivity index (χ1v) is 5.31. The van der Waals surface area contributed by atoms with Crippen molar-refractivity contribution in [3.8, 4) is 0 Å². The van der Waals surface area contributed by atoms with Gasteiger partial charge < -0.3 is 17.4 Å². The summed E-state index contributed by atoms with van der Waals surface area (Å²) in [6, 6.07) is 10.5. The molecule has 2 N–H and O–H groups in total. The maximum Gasteiger partial charge on any atom is 0.246 e. The Kier molecular flexibility index (Phi) is 2.09. The Labute approximate surface area is 103 Å². The molecule has 17 heavy (non-hydrogen) atoms. The quantitative estimate of drug-likeness (QED) is 0.387. The van der Waals surface area contributed by atoms with Gasteiger partial charge in [-0.05, 0) is 12.1 Å². The largest absolute Gasteiger partial charge is 1.00 e. The lowest BCUT2D eigenvalue weighted by Gasteiger charge is -1.89. The number of aromatic amines is 2. The number of hydrogen-bond acceptors (Lipinski definition) is 0. The molecule has 4 aromatic rings. The highest BCUT2D eigenvalue weighted by atomic mass is 35.5. The second-order valence-corrected chi connectivity index (χ2v) is 4.01. The lowest BCUT2D eigenvalue weighted by Crippen LogP contribution is -3.00. The molecule has 0 atom stereocenters. The molecule has 0 aliphatic rings. The first kappa shape index (κ1) is 10.2. The zero-order chi connectivity index (χ0) is 10.5. The van der Waals surface area contributed by atoms with E-state index < -0.39 is 0 Å². The van der Waals surface area contributed by atoms with Crippen LogP contribution in [0.4, 0.5) is 0 Å². The molecule has 3 nitrogen and oxygen atoms in total. The van der Waals surface area contributed by atoms with Crippen molar-refractivity contribution in [2.24, 2.45) is 0 Å². The Morgan fingerprint density at radius 3 is 2.82 bits per heavy atom. The molecule has 0 spiro atoms. The van der Waals surface area contributed by atoms with E-state index in [9.17, 15) is 0 Å². The number of para-hydroxylation sites is 1. The Bertz CT molecular complexity index is 813. The van der Waals surface area contributed by atoms with Crippen LogP contribution in [0.25, 0.3) is 27.3 Å². The lowest BCUT2D eigenvalue weighted by atomic mass is 10.2. The van der Waals surface area contributed by atoms with Gasteiger partial charge >= 0.3 is 0 Å². The van der Waals surface area contributed by atoms with E-state index in [0.717, 1.165) is 0 Å². The normalized spacial score (nSPS) is 11.1. The zero-order valence-corrected chi connectivity index (χ0v) is 9.70. The summed E-state index contributed by atoms with van der Waals surface area (Å²) >= 11 is 0. The number of hydrogen-bond donors (Lipinski definition) is 2. The van der Waals surface area contributed by atoms with Crippen LogP contribution < -0.4 is 16.8 Å². The van der Waals surface area contributed by atoms with Gasteiger partial charge in [-0.15, -0.1) is 0 Å². The third kappa shape index (κ3) is 1.26. The minimum Gasteiger partial charge on any atom is -1.00 e. The van der Waals surface area contributed by atoms with Crippen LogP contribution in [0.1, 0.15) is 0 Å². The minimum atomic E-state index is 0. The van der Waals surface area contributed by atoms with Gasteiger partial charge in [0.05, 0.1) is 11.7 Å². The van der Waals surface area contributed by atoms with Crippen molar-refractivity contribution in [1.82, 2.24) is 9.97 Å². The van der Waals surface area contributed by atoms with Crippen LogP contribution in [0.15, 0.2) is 49.1 Å². The summed E-state index contributed by atoms with van der Waals surface area (Å²) in [5.41, 5.74) is 3.55. The fraction of sp³-hybridized carbons (Fsp3) is 0. The Morgan fingerprint density at radius 1 is 1.00 bits per heavy atom. The first-order chi connectivity index (χ1) is 7.93. The SMILES string of the molecule is [Cl-].c1ccc2c(c1)[nH]c1c2cc[n+]2c[nH]cc12. The summed E-state index contributed by atoms with van der Waals surface area (Å²) in [7, 11) is 0. The third-order valence-electron chi connectivity index (χ3n) is 3.12. The Morgan fingerprint density at radius 2 is 1.88 bits per heavy atom. The van der Waals surface area contributed by atoms with E-state index >= 15 is 0 Å². The van der Waals surface area contributed by atoms with Gasteiger partial charge in [-0.25, -0.2) is 9.38 Å². The molecule has 4 rings (SSSR count). The predicted molar refractivity (Wildman–Crippen MR) is 63.3 cm³/mol. The number of rotatable bonds is 0. The molecule has 1 aromatic carbocycles. The Balaban J connectivity index is 0.000000902. The second-order valence-electron chi connectivity index (χ2n) is 4.01. The molecule has 0 bridgehead atoms. The fourth-order valence-electron chi connectivity index (χ4n) is 2.36. The molecule has 0 aliphatic heterocycles. The average Bonchev–Trinajstić information content (AvgIpc) is 2.92. The van der Waals surface area contributed by atoms with Crippen LogP contribution >= 0.6 is 0 Å². The van der Waals surface area contributed by atoms with Crippen molar-refractivity contribution >= 4 is 27.3 Å². The molecule has 0 amide bonds. The van der Waals surface area contributed by atoms with Crippen molar-refractivity contribution in [2.75, 3.05) is 0 Å². The maximum absolute atomic E-state index is 3.47. The molecular weight excluding hydrogens is 234 g/mol. The highest BCUT2D eigenvalue weighted by molar-refractivity contribution is 6.10. The smallest absolute Gasteiger partial charge is 0.246 e. The highest BCUT2D eigenvalue weighted by Crippen LogP contribution is 2.25. The van der Waals surface area contributed by atoms with E-state index in [2.05, 4.69) is 50.9 Å². The number of fused-ring (bicyclic) bond motifs is 5. The number of nitrogens with one attached hydrogen (secondary N) is 2. The monoisotopic (exact) mass is 243 g/mol. The van der Waals surface area contributed by atoms with E-state index in [0.29, 0.717) is 0 Å². The van der Waals surface area contributed by atoms with E-state index in [1.165, 1.54) is 27.3 Å². The summed E-state index contributed by atoms with van der Waals surface area (Å²) in [5.74, 6) is 0. The van der Waals surface area contributed by atoms with Gasteiger partial charge in [0.2, 0.25) is 6.33 Å². The highest BCUT2D eigenvalue weighted by Gasteiger charge is 2.10. The predicted octanol–water partition coefficient (Wildman–Crippen LogP) is -0.608. The van der Waals surface area contributed by atoms with Crippen LogP contribution in [0.3, 0.4) is 0 Å². The lowest BCUT2D eigenvalue weighted by molar-refractivity contribution is -0.509. The van der Waals surface area contributed by atoms with Gasteiger partial charge in [-0.2, -0.15) is 0 Å². The third-order valence-corrected chi connectivity index (χ3v) is 3.12. The van der Waals surface area contributed by atoms with Gasteiger partial charge in [-0.1, -0.05) is 18.2 Å². The number of aromatic nitrogens is 3. The molecular formula is C13H10ClN3. The summed E-state index contributed by atoms with van der Waals surface area (Å²) in [6.07, 6.45) is 6.03. The van der Waals surface area contributed by atoms with Crippen molar-refractivity contribution in [3.05, 3.63) is 49.1 Å². The van der Waals surface area contributed by atoms with E-state index in [1.807, 2.05) is 12.5 Å². The summed E-state index contributed by atoms with van der Waals surface area (Å²) in [4.78, 5) is 6.58. The molecule has 3 aromatic heterocycles. The average molecular weight is 244 g/mol. The topological polar surface area (TPSA) is 35.7 Å². The van der Waals surface area contributed by atoms with Gasteiger partial charge in [-0.3, -0.25) is 0 Å². The second kappa shape index (κ2) is 3.50. The van der Waals surface area contributed by atoms with Gasteiger partial charge in [0.25, 0.3) is 0 Å². The number of benzene rings is 1. The number of imidazole rings is 1. The van der Waals surface area contributed by atoms with Gasteiger partial charge in [0.1, 0.15) is 6.20 Å². The molecule has 0 saturated carbocycles. The van der Waals surface area contributed by atoms with Crippen LogP contribution in [-0.2, 0) is 0 Å². The van der Waals surface area contributed by atoms with Crippen LogP contribution in [0, 0.1) is 0 Å². The van der Waals surface area contributed by atoms with E-state index in [-0.39, 0.29) is 12.4 Å². The number of H-pyrrole nitrogens is 2.